The van der Waals surface area contributed by atoms with Crippen molar-refractivity contribution < 1.29 is 4.74 Å². The van der Waals surface area contributed by atoms with Crippen molar-refractivity contribution in [3.8, 4) is 22.1 Å². The van der Waals surface area contributed by atoms with Gasteiger partial charge in [0.25, 0.3) is 0 Å². The Balaban J connectivity index is 1.40. The van der Waals surface area contributed by atoms with Crippen molar-refractivity contribution >= 4 is 28.2 Å². The first kappa shape index (κ1) is 18.1. The number of nitrogens with one attached hydrogen (secondary N) is 2. The van der Waals surface area contributed by atoms with Crippen molar-refractivity contribution in [1.82, 2.24) is 20.2 Å². The molecule has 1 aliphatic rings. The minimum atomic E-state index is 0.462. The largest absolute Gasteiger partial charge is 0.456 e. The van der Waals surface area contributed by atoms with Crippen LogP contribution < -0.4 is 10.1 Å². The number of nitrogens with zero attached hydrogens (tertiary/aromatic N) is 3. The summed E-state index contributed by atoms with van der Waals surface area (Å²) in [6, 6.07) is 10.4. The normalized spacial score (nSPS) is 14.9. The van der Waals surface area contributed by atoms with Gasteiger partial charge >= 0.3 is 0 Å². The van der Waals surface area contributed by atoms with Crippen LogP contribution in [0.1, 0.15) is 37.0 Å². The lowest BCUT2D eigenvalue weighted by atomic mass is 9.95. The third-order valence-corrected chi connectivity index (χ3v) is 6.28. The highest BCUT2D eigenvalue weighted by Gasteiger charge is 2.18. The molecular formula is C22H23N5OS. The maximum absolute atomic E-state index is 6.22. The molecule has 1 aromatic carbocycles. The van der Waals surface area contributed by atoms with Gasteiger partial charge in [0.05, 0.1) is 0 Å². The molecule has 6 nitrogen and oxygen atoms in total. The first-order chi connectivity index (χ1) is 14.3. The lowest BCUT2D eigenvalue weighted by Crippen LogP contribution is -2.22. The number of hydrogen-bond donors (Lipinski definition) is 2. The Hall–Kier alpha value is -2.93. The number of hydrogen-bond acceptors (Lipinski definition) is 6. The van der Waals surface area contributed by atoms with Gasteiger partial charge in [-0.05, 0) is 44.0 Å². The van der Waals surface area contributed by atoms with Crippen molar-refractivity contribution in [2.75, 3.05) is 5.32 Å². The van der Waals surface area contributed by atoms with Crippen LogP contribution in [0, 0.1) is 6.92 Å². The zero-order valence-electron chi connectivity index (χ0n) is 16.3. The SMILES string of the molecule is Cc1cnc(-c2ccc(Oc3ccnc4[nH]nc(NC5CCCCC5)c34)cc2)s1. The highest BCUT2D eigenvalue weighted by molar-refractivity contribution is 7.14. The highest BCUT2D eigenvalue weighted by Crippen LogP contribution is 2.35. The molecule has 0 spiro atoms. The summed E-state index contributed by atoms with van der Waals surface area (Å²) >= 11 is 1.69. The molecular weight excluding hydrogens is 382 g/mol. The Kier molecular flexibility index (Phi) is 4.89. The number of benzene rings is 1. The van der Waals surface area contributed by atoms with E-state index in [1.54, 1.807) is 17.5 Å². The number of aromatic nitrogens is 4. The maximum Gasteiger partial charge on any atom is 0.161 e. The first-order valence-electron chi connectivity index (χ1n) is 10.1. The molecule has 1 saturated carbocycles. The van der Waals surface area contributed by atoms with Gasteiger partial charge in [0.15, 0.2) is 11.5 Å². The molecule has 0 aliphatic heterocycles. The Morgan fingerprint density at radius 1 is 1.07 bits per heavy atom. The molecule has 148 valence electrons. The number of fused-ring (bicyclic) bond motifs is 1. The molecule has 7 heteroatoms. The third-order valence-electron chi connectivity index (χ3n) is 5.32. The standard InChI is InChI=1S/C22H23N5OS/c1-14-13-24-22(29-14)15-7-9-17(10-8-15)28-18-11-12-23-20-19(18)21(27-26-20)25-16-5-3-2-4-6-16/h7-13,16H,2-6H2,1H3,(H2,23,25,26,27). The summed E-state index contributed by atoms with van der Waals surface area (Å²) < 4.78 is 6.22. The zero-order valence-corrected chi connectivity index (χ0v) is 17.1. The van der Waals surface area contributed by atoms with Crippen molar-refractivity contribution in [2.24, 2.45) is 0 Å². The van der Waals surface area contributed by atoms with Crippen LogP contribution in [0.4, 0.5) is 5.82 Å². The number of thiazole rings is 1. The average Bonchev–Trinajstić information content (AvgIpc) is 3.37. The minimum Gasteiger partial charge on any atom is -0.456 e. The van der Waals surface area contributed by atoms with Crippen molar-refractivity contribution in [3.63, 3.8) is 0 Å². The van der Waals surface area contributed by atoms with Crippen LogP contribution in [0.3, 0.4) is 0 Å². The van der Waals surface area contributed by atoms with Crippen LogP contribution in [0.25, 0.3) is 21.6 Å². The van der Waals surface area contributed by atoms with Crippen LogP contribution in [-0.2, 0) is 0 Å². The average molecular weight is 406 g/mol. The van der Waals surface area contributed by atoms with Crippen LogP contribution >= 0.6 is 11.3 Å². The molecule has 1 aliphatic carbocycles. The van der Waals surface area contributed by atoms with Crippen molar-refractivity contribution in [2.45, 2.75) is 45.1 Å². The molecule has 29 heavy (non-hydrogen) atoms. The van der Waals surface area contributed by atoms with E-state index >= 15 is 0 Å². The summed E-state index contributed by atoms with van der Waals surface area (Å²) in [4.78, 5) is 10.1. The number of anilines is 1. The van der Waals surface area contributed by atoms with E-state index in [0.29, 0.717) is 6.04 Å². The molecule has 5 rings (SSSR count). The van der Waals surface area contributed by atoms with Gasteiger partial charge in [-0.25, -0.2) is 9.97 Å². The predicted octanol–water partition coefficient (Wildman–Crippen LogP) is 5.93. The second kappa shape index (κ2) is 7.83. The summed E-state index contributed by atoms with van der Waals surface area (Å²) in [7, 11) is 0. The molecule has 0 bridgehead atoms. The summed E-state index contributed by atoms with van der Waals surface area (Å²) in [5.74, 6) is 2.35. The van der Waals surface area contributed by atoms with E-state index < -0.39 is 0 Å². The number of pyridine rings is 1. The maximum atomic E-state index is 6.22. The minimum absolute atomic E-state index is 0.462. The smallest absolute Gasteiger partial charge is 0.161 e. The zero-order chi connectivity index (χ0) is 19.6. The van der Waals surface area contributed by atoms with Gasteiger partial charge in [-0.15, -0.1) is 11.3 Å². The quantitative estimate of drug-likeness (QED) is 0.430. The summed E-state index contributed by atoms with van der Waals surface area (Å²) in [5, 5.41) is 13.0. The van der Waals surface area contributed by atoms with Gasteiger partial charge in [-0.1, -0.05) is 19.3 Å². The first-order valence-corrected chi connectivity index (χ1v) is 10.9. The molecule has 1 fully saturated rings. The van der Waals surface area contributed by atoms with Gasteiger partial charge in [-0.2, -0.15) is 5.10 Å². The van der Waals surface area contributed by atoms with E-state index in [1.807, 2.05) is 36.5 Å². The van der Waals surface area contributed by atoms with Crippen LogP contribution in [0.2, 0.25) is 0 Å². The molecule has 2 N–H and O–H groups in total. The number of ether oxygens (including phenoxy) is 1. The van der Waals surface area contributed by atoms with E-state index in [4.69, 9.17) is 4.74 Å². The number of aryl methyl sites for hydroxylation is 1. The summed E-state index contributed by atoms with van der Waals surface area (Å²) in [6.07, 6.45) is 9.88. The van der Waals surface area contributed by atoms with Crippen molar-refractivity contribution in [1.29, 1.82) is 0 Å². The molecule has 3 aromatic heterocycles. The fourth-order valence-electron chi connectivity index (χ4n) is 3.83. The fraction of sp³-hybridized carbons (Fsp3) is 0.318. The molecule has 0 atom stereocenters. The summed E-state index contributed by atoms with van der Waals surface area (Å²) in [6.45, 7) is 2.07. The predicted molar refractivity (Wildman–Crippen MR) is 117 cm³/mol. The molecule has 0 radical (unpaired) electrons. The number of rotatable bonds is 5. The molecule has 0 unspecified atom stereocenters. The third kappa shape index (κ3) is 3.82. The van der Waals surface area contributed by atoms with Gasteiger partial charge in [0.2, 0.25) is 0 Å². The van der Waals surface area contributed by atoms with Crippen LogP contribution in [-0.4, -0.2) is 26.2 Å². The lowest BCUT2D eigenvalue weighted by Gasteiger charge is -2.22. The van der Waals surface area contributed by atoms with Gasteiger partial charge in [0, 0.05) is 34.9 Å². The Morgan fingerprint density at radius 2 is 1.90 bits per heavy atom. The van der Waals surface area contributed by atoms with E-state index in [1.165, 1.54) is 37.0 Å². The Labute approximate surface area is 173 Å². The number of H-pyrrole nitrogens is 1. The van der Waals surface area contributed by atoms with E-state index in [0.717, 1.165) is 38.9 Å². The number of aromatic amines is 1. The second-order valence-corrected chi connectivity index (χ2v) is 8.72. The van der Waals surface area contributed by atoms with Crippen LogP contribution in [0.15, 0.2) is 42.7 Å². The van der Waals surface area contributed by atoms with Gasteiger partial charge in [0.1, 0.15) is 21.9 Å². The van der Waals surface area contributed by atoms with Crippen molar-refractivity contribution in [3.05, 3.63) is 47.6 Å². The second-order valence-electron chi connectivity index (χ2n) is 7.49. The summed E-state index contributed by atoms with van der Waals surface area (Å²) in [5.41, 5.74) is 1.83. The molecule has 3 heterocycles. The van der Waals surface area contributed by atoms with Gasteiger partial charge in [-0.3, -0.25) is 5.10 Å². The van der Waals surface area contributed by atoms with Crippen LogP contribution in [0.5, 0.6) is 11.5 Å². The fourth-order valence-corrected chi connectivity index (χ4v) is 4.60. The van der Waals surface area contributed by atoms with Gasteiger partial charge < -0.3 is 10.1 Å². The van der Waals surface area contributed by atoms with E-state index in [9.17, 15) is 0 Å². The highest BCUT2D eigenvalue weighted by atomic mass is 32.1. The molecule has 0 amide bonds. The molecule has 4 aromatic rings. The van der Waals surface area contributed by atoms with E-state index in [-0.39, 0.29) is 0 Å². The Morgan fingerprint density at radius 3 is 2.66 bits per heavy atom. The Bertz CT molecular complexity index is 1110. The van der Waals surface area contributed by atoms with E-state index in [2.05, 4.69) is 32.4 Å². The molecule has 0 saturated heterocycles. The lowest BCUT2D eigenvalue weighted by molar-refractivity contribution is 0.461. The topological polar surface area (TPSA) is 75.7 Å². The monoisotopic (exact) mass is 405 g/mol.